The molecule has 0 spiro atoms. The van der Waals surface area contributed by atoms with Crippen LogP contribution >= 0.6 is 0 Å². The van der Waals surface area contributed by atoms with E-state index in [0.29, 0.717) is 19.3 Å². The summed E-state index contributed by atoms with van der Waals surface area (Å²) in [5.74, 6) is -1.44. The summed E-state index contributed by atoms with van der Waals surface area (Å²) in [4.78, 5) is 72.2. The van der Waals surface area contributed by atoms with E-state index in [4.69, 9.17) is 14.2 Å². The van der Waals surface area contributed by atoms with Gasteiger partial charge in [-0.3, -0.25) is 19.2 Å². The van der Waals surface area contributed by atoms with E-state index in [-0.39, 0.29) is 35.7 Å². The van der Waals surface area contributed by atoms with Gasteiger partial charge in [0.05, 0.1) is 0 Å². The summed E-state index contributed by atoms with van der Waals surface area (Å²) in [6, 6.07) is -1.37. The summed E-state index contributed by atoms with van der Waals surface area (Å²) < 4.78 is 15.2. The van der Waals surface area contributed by atoms with Crippen LogP contribution in [0.25, 0.3) is 0 Å². The third kappa shape index (κ3) is 11.2. The Bertz CT molecular complexity index is 950. The van der Waals surface area contributed by atoms with Crippen molar-refractivity contribution < 1.29 is 43.0 Å². The molecule has 3 rings (SSSR count). The average Bonchev–Trinajstić information content (AvgIpc) is 3.54. The van der Waals surface area contributed by atoms with Crippen molar-refractivity contribution in [1.82, 2.24) is 9.80 Å². The zero-order valence-electron chi connectivity index (χ0n) is 25.2. The van der Waals surface area contributed by atoms with Crippen molar-refractivity contribution in [3.05, 3.63) is 12.7 Å². The number of likely N-dealkylation sites (tertiary alicyclic amines) is 2. The Morgan fingerprint density at radius 3 is 1.73 bits per heavy atom. The SMILES string of the molecule is C1CCOC1.C=CCC1C[C@@H](C(C)=O)N(C(=O)OC(C)(C)C)C1=O.CC(=O)[C@@H]1CCC(=O)N1C(=O)OC(C)(C)C. The maximum Gasteiger partial charge on any atom is 0.417 e. The number of imide groups is 2. The smallest absolute Gasteiger partial charge is 0.417 e. The van der Waals surface area contributed by atoms with Crippen molar-refractivity contribution in [3.63, 3.8) is 0 Å². The fraction of sp³-hybridized carbons (Fsp3) is 0.724. The standard InChI is InChI=1S/C14H21NO4.C11H17NO4.C4H8O/c1-6-7-10-8-11(9(2)16)15(12(10)17)13(18)19-14(3,4)5;1-7(13)8-5-6-9(14)12(8)10(15)16-11(2,3)4;1-2-4-5-3-1/h6,10-11H,1,7-8H2,2-5H3;8H,5-6H2,1-4H3;1-4H2/t10?,11-;8-;/m00./s1. The molecule has 226 valence electrons. The lowest BCUT2D eigenvalue weighted by Gasteiger charge is -2.26. The van der Waals surface area contributed by atoms with E-state index in [1.165, 1.54) is 26.7 Å². The third-order valence-electron chi connectivity index (χ3n) is 6.02. The molecule has 3 heterocycles. The molecule has 1 unspecified atom stereocenters. The second-order valence-electron chi connectivity index (χ2n) is 12.0. The lowest BCUT2D eigenvalue weighted by molar-refractivity contribution is -0.134. The van der Waals surface area contributed by atoms with Crippen LogP contribution in [0.5, 0.6) is 0 Å². The molecular formula is C29H46N2O9. The minimum atomic E-state index is -0.746. The molecule has 0 aromatic heterocycles. The number of ketones is 2. The van der Waals surface area contributed by atoms with Crippen LogP contribution < -0.4 is 0 Å². The third-order valence-corrected chi connectivity index (χ3v) is 6.02. The van der Waals surface area contributed by atoms with Crippen LogP contribution in [0.3, 0.4) is 0 Å². The van der Waals surface area contributed by atoms with Gasteiger partial charge >= 0.3 is 12.2 Å². The van der Waals surface area contributed by atoms with Crippen LogP contribution in [-0.4, -0.2) is 81.9 Å². The van der Waals surface area contributed by atoms with Gasteiger partial charge in [-0.1, -0.05) is 6.08 Å². The predicted molar refractivity (Wildman–Crippen MR) is 147 cm³/mol. The van der Waals surface area contributed by atoms with E-state index in [9.17, 15) is 28.8 Å². The Morgan fingerprint density at radius 1 is 0.875 bits per heavy atom. The molecule has 0 aliphatic carbocycles. The molecule has 3 aliphatic heterocycles. The van der Waals surface area contributed by atoms with Gasteiger partial charge < -0.3 is 14.2 Å². The number of hydrogen-bond acceptors (Lipinski definition) is 9. The van der Waals surface area contributed by atoms with E-state index in [1.807, 2.05) is 0 Å². The number of Topliss-reactive ketones (excluding diaryl/α,β-unsaturated/α-hetero) is 2. The molecule has 11 nitrogen and oxygen atoms in total. The van der Waals surface area contributed by atoms with E-state index in [1.54, 1.807) is 47.6 Å². The normalized spacial score (nSPS) is 22.6. The zero-order chi connectivity index (χ0) is 30.8. The first-order chi connectivity index (χ1) is 18.4. The number of ether oxygens (including phenoxy) is 3. The van der Waals surface area contributed by atoms with Crippen LogP contribution in [0.2, 0.25) is 0 Å². The number of nitrogens with zero attached hydrogens (tertiary/aromatic N) is 2. The minimum absolute atomic E-state index is 0.184. The highest BCUT2D eigenvalue weighted by Gasteiger charge is 2.46. The van der Waals surface area contributed by atoms with Crippen molar-refractivity contribution in [3.8, 4) is 0 Å². The van der Waals surface area contributed by atoms with Crippen LogP contribution in [0.1, 0.15) is 93.9 Å². The summed E-state index contributed by atoms with van der Waals surface area (Å²) in [6.07, 6.45) is 4.14. The zero-order valence-corrected chi connectivity index (χ0v) is 25.2. The highest BCUT2D eigenvalue weighted by molar-refractivity contribution is 6.02. The van der Waals surface area contributed by atoms with E-state index < -0.39 is 35.5 Å². The highest BCUT2D eigenvalue weighted by atomic mass is 16.6. The van der Waals surface area contributed by atoms with E-state index in [2.05, 4.69) is 6.58 Å². The lowest BCUT2D eigenvalue weighted by Crippen LogP contribution is -2.45. The first kappa shape index (κ1) is 34.9. The second kappa shape index (κ2) is 15.1. The van der Waals surface area contributed by atoms with Crippen molar-refractivity contribution in [1.29, 1.82) is 0 Å². The van der Waals surface area contributed by atoms with Crippen molar-refractivity contribution in [2.75, 3.05) is 13.2 Å². The molecule has 0 N–H and O–H groups in total. The topological polar surface area (TPSA) is 137 Å². The van der Waals surface area contributed by atoms with Gasteiger partial charge in [-0.15, -0.1) is 6.58 Å². The van der Waals surface area contributed by atoms with Gasteiger partial charge in [-0.05, 0) is 87.5 Å². The van der Waals surface area contributed by atoms with Crippen LogP contribution in [0.4, 0.5) is 9.59 Å². The molecule has 0 aromatic rings. The molecule has 0 saturated carbocycles. The van der Waals surface area contributed by atoms with Gasteiger partial charge in [0.25, 0.3) is 0 Å². The molecular weight excluding hydrogens is 520 g/mol. The van der Waals surface area contributed by atoms with E-state index >= 15 is 0 Å². The Labute approximate surface area is 237 Å². The summed E-state index contributed by atoms with van der Waals surface area (Å²) in [7, 11) is 0. The summed E-state index contributed by atoms with van der Waals surface area (Å²) >= 11 is 0. The largest absolute Gasteiger partial charge is 0.443 e. The molecule has 3 aliphatic rings. The molecule has 3 fully saturated rings. The summed E-state index contributed by atoms with van der Waals surface area (Å²) in [5.41, 5.74) is -1.36. The molecule has 4 amide bonds. The average molecular weight is 567 g/mol. The molecule has 0 bridgehead atoms. The first-order valence-corrected chi connectivity index (χ1v) is 13.7. The van der Waals surface area contributed by atoms with E-state index in [0.717, 1.165) is 23.0 Å². The predicted octanol–water partition coefficient (Wildman–Crippen LogP) is 4.60. The highest BCUT2D eigenvalue weighted by Crippen LogP contribution is 2.30. The van der Waals surface area contributed by atoms with Gasteiger partial charge in [-0.25, -0.2) is 19.4 Å². The van der Waals surface area contributed by atoms with Crippen molar-refractivity contribution >= 4 is 35.6 Å². The fourth-order valence-electron chi connectivity index (χ4n) is 4.22. The van der Waals surface area contributed by atoms with Crippen LogP contribution in [0.15, 0.2) is 12.7 Å². The summed E-state index contributed by atoms with van der Waals surface area (Å²) in [5, 5.41) is 0. The maximum atomic E-state index is 12.2. The van der Waals surface area contributed by atoms with Crippen molar-refractivity contribution in [2.45, 2.75) is 117 Å². The number of rotatable bonds is 4. The number of amides is 4. The monoisotopic (exact) mass is 566 g/mol. The number of carbonyl (C=O) groups excluding carboxylic acids is 6. The van der Waals surface area contributed by atoms with Crippen molar-refractivity contribution in [2.24, 2.45) is 5.92 Å². The maximum absolute atomic E-state index is 12.2. The summed E-state index contributed by atoms with van der Waals surface area (Å²) in [6.45, 7) is 18.6. The quantitative estimate of drug-likeness (QED) is 0.447. The number of hydrogen-bond donors (Lipinski definition) is 0. The fourth-order valence-corrected chi connectivity index (χ4v) is 4.22. The first-order valence-electron chi connectivity index (χ1n) is 13.7. The lowest BCUT2D eigenvalue weighted by atomic mass is 10.00. The molecule has 11 heteroatoms. The van der Waals surface area contributed by atoms with Gasteiger partial charge in [0, 0.05) is 25.6 Å². The molecule has 0 radical (unpaired) electrons. The Hall–Kier alpha value is -3.08. The number of allylic oxidation sites excluding steroid dienone is 1. The Balaban J connectivity index is 0.000000343. The van der Waals surface area contributed by atoms with Gasteiger partial charge in [-0.2, -0.15) is 0 Å². The minimum Gasteiger partial charge on any atom is -0.443 e. The van der Waals surface area contributed by atoms with Crippen LogP contribution in [-0.2, 0) is 33.4 Å². The molecule has 0 aromatic carbocycles. The number of carbonyl (C=O) groups is 6. The van der Waals surface area contributed by atoms with Crippen LogP contribution in [0, 0.1) is 5.92 Å². The molecule has 40 heavy (non-hydrogen) atoms. The Morgan fingerprint density at radius 2 is 1.35 bits per heavy atom. The molecule has 3 saturated heterocycles. The van der Waals surface area contributed by atoms with Gasteiger partial charge in [0.2, 0.25) is 11.8 Å². The second-order valence-corrected chi connectivity index (χ2v) is 12.0. The Kier molecular flexibility index (Phi) is 13.2. The molecule has 3 atom stereocenters. The van der Waals surface area contributed by atoms with Gasteiger partial charge in [0.1, 0.15) is 23.3 Å². The van der Waals surface area contributed by atoms with Gasteiger partial charge in [0.15, 0.2) is 11.6 Å².